The van der Waals surface area contributed by atoms with Crippen LogP contribution in [0.3, 0.4) is 0 Å². The van der Waals surface area contributed by atoms with Gasteiger partial charge in [0.05, 0.1) is 35.9 Å². The number of sulfonamides is 1. The summed E-state index contributed by atoms with van der Waals surface area (Å²) in [5, 5.41) is 15.9. The molecule has 0 saturated carbocycles. The molecular weight excluding hydrogens is 350 g/mol. The molecule has 3 N–H and O–H groups in total. The van der Waals surface area contributed by atoms with Gasteiger partial charge in [0.25, 0.3) is 10.0 Å². The number of carbonyl (C=O) groups is 1. The Balaban J connectivity index is 2.07. The minimum absolute atomic E-state index is 0.0176. The molecule has 25 heavy (non-hydrogen) atoms. The fourth-order valence-electron chi connectivity index (χ4n) is 2.60. The van der Waals surface area contributed by atoms with E-state index in [-0.39, 0.29) is 27.6 Å². The molecule has 0 fully saturated rings. The zero-order valence-corrected chi connectivity index (χ0v) is 14.4. The number of benzene rings is 1. The first-order valence-electron chi connectivity index (χ1n) is 7.51. The van der Waals surface area contributed by atoms with Crippen LogP contribution in [0.4, 0.5) is 5.69 Å². The van der Waals surface area contributed by atoms with E-state index in [0.29, 0.717) is 31.1 Å². The van der Waals surface area contributed by atoms with E-state index < -0.39 is 16.0 Å². The third-order valence-corrected chi connectivity index (χ3v) is 5.32. The molecule has 1 aromatic carbocycles. The van der Waals surface area contributed by atoms with Gasteiger partial charge in [-0.1, -0.05) is 0 Å². The van der Waals surface area contributed by atoms with Crippen LogP contribution >= 0.6 is 0 Å². The number of carboxylic acid groups (broad SMARTS) is 1. The van der Waals surface area contributed by atoms with E-state index in [9.17, 15) is 18.3 Å². The number of carboxylic acids is 1. The summed E-state index contributed by atoms with van der Waals surface area (Å²) in [7, 11) is -4.03. The number of aryl methyl sites for hydroxylation is 2. The number of nitrogens with one attached hydrogen (secondary N) is 2. The molecule has 1 aliphatic rings. The monoisotopic (exact) mass is 367 g/mol. The Morgan fingerprint density at radius 3 is 2.44 bits per heavy atom. The van der Waals surface area contributed by atoms with Crippen LogP contribution in [0.1, 0.15) is 28.2 Å². The molecule has 1 aromatic heterocycles. The predicted octanol–water partition coefficient (Wildman–Crippen LogP) is 1.69. The molecular formula is C15H17N3O6S. The van der Waals surface area contributed by atoms with Crippen LogP contribution in [0.2, 0.25) is 0 Å². The maximum absolute atomic E-state index is 12.7. The number of hydrogen-bond acceptors (Lipinski definition) is 6. The Labute approximate surface area is 144 Å². The molecule has 0 saturated heterocycles. The van der Waals surface area contributed by atoms with E-state index in [1.807, 2.05) is 0 Å². The van der Waals surface area contributed by atoms with E-state index in [4.69, 9.17) is 9.47 Å². The maximum Gasteiger partial charge on any atom is 0.337 e. The van der Waals surface area contributed by atoms with Gasteiger partial charge in [-0.05, 0) is 13.8 Å². The highest BCUT2D eigenvalue weighted by Gasteiger charge is 2.26. The number of anilines is 1. The molecule has 3 rings (SSSR count). The number of H-pyrrole nitrogens is 1. The quantitative estimate of drug-likeness (QED) is 0.749. The molecule has 0 unspecified atom stereocenters. The van der Waals surface area contributed by atoms with Gasteiger partial charge >= 0.3 is 5.97 Å². The summed E-state index contributed by atoms with van der Waals surface area (Å²) in [6, 6.07) is 2.59. The van der Waals surface area contributed by atoms with Crippen LogP contribution < -0.4 is 14.2 Å². The third kappa shape index (κ3) is 3.25. The van der Waals surface area contributed by atoms with Gasteiger partial charge in [-0.25, -0.2) is 13.2 Å². The first kappa shape index (κ1) is 17.1. The lowest BCUT2D eigenvalue weighted by Crippen LogP contribution is -2.17. The molecule has 0 spiro atoms. The lowest BCUT2D eigenvalue weighted by atomic mass is 10.1. The molecule has 0 amide bonds. The van der Waals surface area contributed by atoms with Crippen LogP contribution in [0.15, 0.2) is 17.0 Å². The van der Waals surface area contributed by atoms with Crippen molar-refractivity contribution in [3.63, 3.8) is 0 Å². The van der Waals surface area contributed by atoms with Crippen molar-refractivity contribution in [2.75, 3.05) is 17.9 Å². The Kier molecular flexibility index (Phi) is 4.29. The van der Waals surface area contributed by atoms with Gasteiger partial charge < -0.3 is 14.6 Å². The van der Waals surface area contributed by atoms with Gasteiger partial charge in [-0.2, -0.15) is 5.10 Å². The third-order valence-electron chi connectivity index (χ3n) is 3.69. The summed E-state index contributed by atoms with van der Waals surface area (Å²) in [5.74, 6) is -0.719. The molecule has 134 valence electrons. The summed E-state index contributed by atoms with van der Waals surface area (Å²) < 4.78 is 38.6. The smallest absolute Gasteiger partial charge is 0.337 e. The van der Waals surface area contributed by atoms with Gasteiger partial charge in [-0.15, -0.1) is 0 Å². The summed E-state index contributed by atoms with van der Waals surface area (Å²) in [5.41, 5.74) is 0.316. The van der Waals surface area contributed by atoms with Crippen molar-refractivity contribution >= 4 is 21.7 Å². The summed E-state index contributed by atoms with van der Waals surface area (Å²) >= 11 is 0. The standard InChI is InChI=1S/C15H17N3O6S/c1-8-14(9(2)17-16-8)25(21,22)18-11-7-13-12(6-10(11)15(19)20)23-4-3-5-24-13/h6-7,18H,3-5H2,1-2H3,(H,16,17)(H,19,20). The van der Waals surface area contributed by atoms with Gasteiger partial charge in [-0.3, -0.25) is 9.82 Å². The topological polar surface area (TPSA) is 131 Å². The Bertz CT molecular complexity index is 915. The normalized spacial score (nSPS) is 14.0. The molecule has 0 aliphatic carbocycles. The van der Waals surface area contributed by atoms with Crippen molar-refractivity contribution in [3.05, 3.63) is 29.1 Å². The zero-order valence-electron chi connectivity index (χ0n) is 13.6. The van der Waals surface area contributed by atoms with E-state index in [2.05, 4.69) is 14.9 Å². The minimum Gasteiger partial charge on any atom is -0.490 e. The average Bonchev–Trinajstić information content (AvgIpc) is 2.74. The molecule has 2 aromatic rings. The lowest BCUT2D eigenvalue weighted by molar-refractivity contribution is 0.0697. The average molecular weight is 367 g/mol. The van der Waals surface area contributed by atoms with Gasteiger partial charge in [0.15, 0.2) is 11.5 Å². The van der Waals surface area contributed by atoms with Gasteiger partial charge in [0.1, 0.15) is 4.90 Å². The van der Waals surface area contributed by atoms with Crippen LogP contribution in [0, 0.1) is 13.8 Å². The number of aromatic amines is 1. The highest BCUT2D eigenvalue weighted by atomic mass is 32.2. The Morgan fingerprint density at radius 2 is 1.88 bits per heavy atom. The second-order valence-corrected chi connectivity index (χ2v) is 7.19. The number of nitrogens with zero attached hydrogens (tertiary/aromatic N) is 1. The summed E-state index contributed by atoms with van der Waals surface area (Å²) in [6.07, 6.45) is 0.644. The summed E-state index contributed by atoms with van der Waals surface area (Å²) in [4.78, 5) is 11.5. The Morgan fingerprint density at radius 1 is 1.24 bits per heavy atom. The molecule has 9 nitrogen and oxygen atoms in total. The SMILES string of the molecule is Cc1n[nH]c(C)c1S(=O)(=O)Nc1cc2c(cc1C(=O)O)OCCCO2. The van der Waals surface area contributed by atoms with Gasteiger partial charge in [0.2, 0.25) is 0 Å². The Hall–Kier alpha value is -2.75. The first-order chi connectivity index (χ1) is 11.8. The second-order valence-electron chi connectivity index (χ2n) is 5.57. The van der Waals surface area contributed by atoms with Crippen LogP contribution in [0.25, 0.3) is 0 Å². The number of fused-ring (bicyclic) bond motifs is 1. The second kappa shape index (κ2) is 6.28. The number of aromatic carboxylic acids is 1. The number of hydrogen-bond donors (Lipinski definition) is 3. The minimum atomic E-state index is -4.03. The predicted molar refractivity (Wildman–Crippen MR) is 87.9 cm³/mol. The number of ether oxygens (including phenoxy) is 2. The largest absolute Gasteiger partial charge is 0.490 e. The van der Waals surface area contributed by atoms with E-state index in [1.165, 1.54) is 12.1 Å². The maximum atomic E-state index is 12.7. The van der Waals surface area contributed by atoms with E-state index >= 15 is 0 Å². The number of rotatable bonds is 4. The fourth-order valence-corrected chi connectivity index (χ4v) is 4.05. The molecule has 2 heterocycles. The van der Waals surface area contributed by atoms with Crippen LogP contribution in [-0.4, -0.2) is 42.9 Å². The van der Waals surface area contributed by atoms with Gasteiger partial charge in [0, 0.05) is 18.6 Å². The molecule has 0 atom stereocenters. The van der Waals surface area contributed by atoms with Crippen molar-refractivity contribution < 1.29 is 27.8 Å². The highest BCUT2D eigenvalue weighted by molar-refractivity contribution is 7.92. The highest BCUT2D eigenvalue weighted by Crippen LogP contribution is 2.36. The van der Waals surface area contributed by atoms with Crippen LogP contribution in [0.5, 0.6) is 11.5 Å². The van der Waals surface area contributed by atoms with E-state index in [0.717, 1.165) is 0 Å². The molecule has 0 radical (unpaired) electrons. The van der Waals surface area contributed by atoms with Crippen molar-refractivity contribution in [1.29, 1.82) is 0 Å². The number of aromatic nitrogens is 2. The fraction of sp³-hybridized carbons (Fsp3) is 0.333. The lowest BCUT2D eigenvalue weighted by Gasteiger charge is -2.14. The molecule has 10 heteroatoms. The van der Waals surface area contributed by atoms with Crippen LogP contribution in [-0.2, 0) is 10.0 Å². The molecule has 1 aliphatic heterocycles. The molecule has 0 bridgehead atoms. The zero-order chi connectivity index (χ0) is 18.2. The first-order valence-corrected chi connectivity index (χ1v) is 8.99. The van der Waals surface area contributed by atoms with Crippen molar-refractivity contribution in [1.82, 2.24) is 10.2 Å². The van der Waals surface area contributed by atoms with Crippen molar-refractivity contribution in [3.8, 4) is 11.5 Å². The van der Waals surface area contributed by atoms with Crippen molar-refractivity contribution in [2.24, 2.45) is 0 Å². The van der Waals surface area contributed by atoms with Crippen molar-refractivity contribution in [2.45, 2.75) is 25.2 Å². The summed E-state index contributed by atoms with van der Waals surface area (Å²) in [6.45, 7) is 3.90. The van der Waals surface area contributed by atoms with E-state index in [1.54, 1.807) is 13.8 Å².